The summed E-state index contributed by atoms with van der Waals surface area (Å²) in [5, 5.41) is 2.92. The number of amides is 4. The molecular weight excluding hydrogens is 388 g/mol. The van der Waals surface area contributed by atoms with Gasteiger partial charge in [-0.25, -0.2) is 9.69 Å². The van der Waals surface area contributed by atoms with E-state index in [2.05, 4.69) is 10.3 Å². The van der Waals surface area contributed by atoms with Crippen LogP contribution in [-0.2, 0) is 25.7 Å². The van der Waals surface area contributed by atoms with Crippen LogP contribution in [0.5, 0.6) is 0 Å². The van der Waals surface area contributed by atoms with Gasteiger partial charge in [0.2, 0.25) is 0 Å². The molecule has 3 heterocycles. The number of barbiturate groups is 1. The molecule has 0 spiro atoms. The number of hydrogen-bond donors (Lipinski definition) is 1. The Bertz CT molecular complexity index is 1210. The molecule has 1 aromatic carbocycles. The van der Waals surface area contributed by atoms with Crippen LogP contribution in [0, 0.1) is 0 Å². The van der Waals surface area contributed by atoms with Crippen LogP contribution in [0.1, 0.15) is 5.56 Å². The van der Waals surface area contributed by atoms with E-state index in [4.69, 9.17) is 4.74 Å². The third kappa shape index (κ3) is 3.32. The molecule has 150 valence electrons. The third-order valence-corrected chi connectivity index (χ3v) is 4.67. The lowest BCUT2D eigenvalue weighted by molar-refractivity contribution is -0.141. The van der Waals surface area contributed by atoms with Gasteiger partial charge in [0.05, 0.1) is 12.8 Å². The molecule has 1 aliphatic rings. The summed E-state index contributed by atoms with van der Waals surface area (Å²) in [6.07, 6.45) is 5.95. The van der Waals surface area contributed by atoms with E-state index in [0.29, 0.717) is 11.3 Å². The molecule has 0 radical (unpaired) electrons. The maximum atomic E-state index is 13.0. The number of esters is 1. The Hall–Kier alpha value is -4.27. The van der Waals surface area contributed by atoms with Crippen molar-refractivity contribution in [1.82, 2.24) is 14.9 Å². The summed E-state index contributed by atoms with van der Waals surface area (Å²) >= 11 is 0. The summed E-state index contributed by atoms with van der Waals surface area (Å²) in [7, 11) is 1.30. The molecule has 9 nitrogen and oxygen atoms in total. The summed E-state index contributed by atoms with van der Waals surface area (Å²) in [5.41, 5.74) is 1.38. The molecule has 4 rings (SSSR count). The maximum absolute atomic E-state index is 13.0. The summed E-state index contributed by atoms with van der Waals surface area (Å²) in [5.74, 6) is -1.98. The first-order chi connectivity index (χ1) is 14.5. The predicted octanol–water partition coefficient (Wildman–Crippen LogP) is 1.88. The fourth-order valence-corrected chi connectivity index (χ4v) is 3.27. The van der Waals surface area contributed by atoms with Gasteiger partial charge in [-0.05, 0) is 24.3 Å². The van der Waals surface area contributed by atoms with Crippen molar-refractivity contribution in [3.8, 4) is 0 Å². The van der Waals surface area contributed by atoms with Gasteiger partial charge in [0.15, 0.2) is 0 Å². The molecule has 3 aromatic rings. The molecule has 1 N–H and O–H groups in total. The topological polar surface area (TPSA) is 111 Å². The van der Waals surface area contributed by atoms with E-state index in [1.807, 2.05) is 24.3 Å². The largest absolute Gasteiger partial charge is 0.468 e. The number of urea groups is 1. The summed E-state index contributed by atoms with van der Waals surface area (Å²) in [4.78, 5) is 54.2. The first-order valence-electron chi connectivity index (χ1n) is 8.96. The van der Waals surface area contributed by atoms with Gasteiger partial charge in [0, 0.05) is 35.1 Å². The number of nitrogens with zero attached hydrogens (tertiary/aromatic N) is 3. The third-order valence-electron chi connectivity index (χ3n) is 4.67. The molecule has 4 amide bonds. The zero-order chi connectivity index (χ0) is 21.3. The van der Waals surface area contributed by atoms with Crippen molar-refractivity contribution in [3.63, 3.8) is 0 Å². The smallest absolute Gasteiger partial charge is 0.335 e. The minimum Gasteiger partial charge on any atom is -0.468 e. The van der Waals surface area contributed by atoms with E-state index < -0.39 is 23.8 Å². The van der Waals surface area contributed by atoms with Gasteiger partial charge < -0.3 is 9.30 Å². The Labute approximate surface area is 170 Å². The van der Waals surface area contributed by atoms with Gasteiger partial charge in [-0.1, -0.05) is 18.2 Å². The number of methoxy groups -OCH3 is 1. The number of imide groups is 2. The number of carbonyl (C=O) groups excluding carboxylic acids is 4. The van der Waals surface area contributed by atoms with E-state index in [1.54, 1.807) is 10.8 Å². The number of hydrogen-bond acceptors (Lipinski definition) is 6. The minimum atomic E-state index is -0.832. The van der Waals surface area contributed by atoms with Crippen LogP contribution >= 0.6 is 0 Å². The fraction of sp³-hybridized carbons (Fsp3) is 0.0952. The summed E-state index contributed by atoms with van der Waals surface area (Å²) in [6, 6.07) is 9.40. The molecule has 1 saturated heterocycles. The van der Waals surface area contributed by atoms with Crippen LogP contribution in [-0.4, -0.2) is 40.5 Å². The zero-order valence-corrected chi connectivity index (χ0v) is 15.9. The van der Waals surface area contributed by atoms with Crippen molar-refractivity contribution < 1.29 is 23.9 Å². The maximum Gasteiger partial charge on any atom is 0.335 e. The Morgan fingerprint density at radius 3 is 2.60 bits per heavy atom. The van der Waals surface area contributed by atoms with Gasteiger partial charge in [-0.15, -0.1) is 0 Å². The molecule has 9 heteroatoms. The number of ether oxygens (including phenoxy) is 1. The van der Waals surface area contributed by atoms with Crippen molar-refractivity contribution in [1.29, 1.82) is 0 Å². The van der Waals surface area contributed by atoms with Crippen LogP contribution in [0.3, 0.4) is 0 Å². The number of anilines is 1. The normalized spacial score (nSPS) is 15.6. The molecule has 0 atom stereocenters. The Morgan fingerprint density at radius 2 is 1.87 bits per heavy atom. The second-order valence-corrected chi connectivity index (χ2v) is 6.47. The van der Waals surface area contributed by atoms with E-state index in [1.165, 1.54) is 37.7 Å². The van der Waals surface area contributed by atoms with E-state index in [0.717, 1.165) is 15.8 Å². The highest BCUT2D eigenvalue weighted by atomic mass is 16.5. The molecule has 2 aromatic heterocycles. The van der Waals surface area contributed by atoms with Crippen molar-refractivity contribution in [2.75, 3.05) is 12.0 Å². The quantitative estimate of drug-likeness (QED) is 0.404. The second kappa shape index (κ2) is 7.63. The van der Waals surface area contributed by atoms with Crippen molar-refractivity contribution in [2.45, 2.75) is 6.54 Å². The average Bonchev–Trinajstić information content (AvgIpc) is 3.09. The number of aromatic nitrogens is 2. The highest BCUT2D eigenvalue weighted by molar-refractivity contribution is 6.39. The molecule has 0 aliphatic carbocycles. The number of para-hydroxylation sites is 1. The Kier molecular flexibility index (Phi) is 4.85. The Morgan fingerprint density at radius 1 is 1.13 bits per heavy atom. The lowest BCUT2D eigenvalue weighted by atomic mass is 10.1. The predicted molar refractivity (Wildman–Crippen MR) is 107 cm³/mol. The van der Waals surface area contributed by atoms with E-state index in [-0.39, 0.29) is 12.1 Å². The van der Waals surface area contributed by atoms with Gasteiger partial charge in [0.25, 0.3) is 11.8 Å². The average molecular weight is 404 g/mol. The standard InChI is InChI=1S/C21H16N4O5/c1-30-18(26)12-24-11-13(15-4-2-3-5-17(15)24)10-16-19(27)23-21(29)25(20(16)28)14-6-8-22-9-7-14/h2-11H,12H2,1H3,(H,23,27,29)/b16-10+. The summed E-state index contributed by atoms with van der Waals surface area (Å²) in [6.45, 7) is -0.0258. The SMILES string of the molecule is COC(=O)Cn1cc(/C=C2\C(=O)NC(=O)N(c3ccncc3)C2=O)c2ccccc21. The van der Waals surface area contributed by atoms with Crippen LogP contribution in [0.15, 0.2) is 60.6 Å². The van der Waals surface area contributed by atoms with Gasteiger partial charge in [-0.3, -0.25) is 24.7 Å². The van der Waals surface area contributed by atoms with Crippen LogP contribution in [0.4, 0.5) is 10.5 Å². The first-order valence-corrected chi connectivity index (χ1v) is 8.96. The molecule has 1 aliphatic heterocycles. The lowest BCUT2D eigenvalue weighted by Crippen LogP contribution is -2.54. The second-order valence-electron chi connectivity index (χ2n) is 6.47. The first kappa shape index (κ1) is 19.1. The van der Waals surface area contributed by atoms with E-state index >= 15 is 0 Å². The molecular formula is C21H16N4O5. The molecule has 0 saturated carbocycles. The van der Waals surface area contributed by atoms with Crippen LogP contribution in [0.2, 0.25) is 0 Å². The van der Waals surface area contributed by atoms with Gasteiger partial charge >= 0.3 is 12.0 Å². The van der Waals surface area contributed by atoms with E-state index in [9.17, 15) is 19.2 Å². The number of pyridine rings is 1. The molecule has 1 fully saturated rings. The lowest BCUT2D eigenvalue weighted by Gasteiger charge is -2.26. The fourth-order valence-electron chi connectivity index (χ4n) is 3.27. The van der Waals surface area contributed by atoms with Crippen molar-refractivity contribution in [2.24, 2.45) is 0 Å². The Balaban J connectivity index is 1.79. The minimum absolute atomic E-state index is 0.0258. The number of fused-ring (bicyclic) bond motifs is 1. The molecule has 0 unspecified atom stereocenters. The van der Waals surface area contributed by atoms with Gasteiger partial charge in [0.1, 0.15) is 12.1 Å². The molecule has 30 heavy (non-hydrogen) atoms. The van der Waals surface area contributed by atoms with Gasteiger partial charge in [-0.2, -0.15) is 0 Å². The van der Waals surface area contributed by atoms with Crippen LogP contribution in [0.25, 0.3) is 17.0 Å². The van der Waals surface area contributed by atoms with Crippen molar-refractivity contribution >= 4 is 46.5 Å². The van der Waals surface area contributed by atoms with Crippen molar-refractivity contribution in [3.05, 3.63) is 66.1 Å². The monoisotopic (exact) mass is 404 g/mol. The number of carbonyl (C=O) groups is 4. The number of rotatable bonds is 4. The number of benzene rings is 1. The van der Waals surface area contributed by atoms with Crippen LogP contribution < -0.4 is 10.2 Å². The zero-order valence-electron chi connectivity index (χ0n) is 15.9. The highest BCUT2D eigenvalue weighted by Crippen LogP contribution is 2.26. The molecule has 0 bridgehead atoms. The number of nitrogens with one attached hydrogen (secondary N) is 1. The highest BCUT2D eigenvalue weighted by Gasteiger charge is 2.37. The summed E-state index contributed by atoms with van der Waals surface area (Å²) < 4.78 is 6.40.